The van der Waals surface area contributed by atoms with Gasteiger partial charge in [0.2, 0.25) is 5.91 Å². The Kier molecular flexibility index (Phi) is 5.29. The zero-order valence-electron chi connectivity index (χ0n) is 15.0. The third-order valence-corrected chi connectivity index (χ3v) is 5.43. The molecule has 0 saturated carbocycles. The van der Waals surface area contributed by atoms with Gasteiger partial charge in [-0.15, -0.1) is 0 Å². The van der Waals surface area contributed by atoms with Gasteiger partial charge in [0.15, 0.2) is 0 Å². The van der Waals surface area contributed by atoms with Crippen LogP contribution in [0.2, 0.25) is 0 Å². The van der Waals surface area contributed by atoms with Gasteiger partial charge in [0, 0.05) is 32.2 Å². The van der Waals surface area contributed by atoms with E-state index in [0.29, 0.717) is 12.6 Å². The van der Waals surface area contributed by atoms with Crippen molar-refractivity contribution in [2.45, 2.75) is 32.2 Å². The van der Waals surface area contributed by atoms with Crippen molar-refractivity contribution in [3.63, 3.8) is 0 Å². The second-order valence-corrected chi connectivity index (χ2v) is 6.80. The fourth-order valence-corrected chi connectivity index (χ4v) is 3.73. The summed E-state index contributed by atoms with van der Waals surface area (Å²) in [6.07, 6.45) is 2.88. The number of hydrogen-bond acceptors (Lipinski definition) is 4. The van der Waals surface area contributed by atoms with Crippen LogP contribution in [0.15, 0.2) is 18.2 Å². The van der Waals surface area contributed by atoms with E-state index in [9.17, 15) is 4.79 Å². The highest BCUT2D eigenvalue weighted by molar-refractivity contribution is 5.80. The number of piperidine rings is 1. The smallest absolute Gasteiger partial charge is 0.229 e. The monoisotopic (exact) mass is 332 g/mol. The molecule has 1 aromatic rings. The molecule has 2 aliphatic rings. The SMILES string of the molecule is CCN1CCC(N(C)C(=O)C2COc3cc(OC)ccc3C2)CC1. The van der Waals surface area contributed by atoms with Crippen LogP contribution in [0, 0.1) is 5.92 Å². The fourth-order valence-electron chi connectivity index (χ4n) is 3.73. The highest BCUT2D eigenvalue weighted by atomic mass is 16.5. The van der Waals surface area contributed by atoms with Crippen molar-refractivity contribution in [3.8, 4) is 11.5 Å². The van der Waals surface area contributed by atoms with Gasteiger partial charge < -0.3 is 19.3 Å². The lowest BCUT2D eigenvalue weighted by molar-refractivity contribution is -0.138. The summed E-state index contributed by atoms with van der Waals surface area (Å²) >= 11 is 0. The summed E-state index contributed by atoms with van der Waals surface area (Å²) in [6, 6.07) is 6.20. The normalized spacial score (nSPS) is 21.7. The number of carbonyl (C=O) groups excluding carboxylic acids is 1. The Balaban J connectivity index is 1.61. The Morgan fingerprint density at radius 2 is 2.12 bits per heavy atom. The van der Waals surface area contributed by atoms with Gasteiger partial charge in [-0.25, -0.2) is 0 Å². The lowest BCUT2D eigenvalue weighted by atomic mass is 9.94. The van der Waals surface area contributed by atoms with Crippen molar-refractivity contribution in [1.29, 1.82) is 0 Å². The number of ether oxygens (including phenoxy) is 2. The van der Waals surface area contributed by atoms with E-state index in [1.54, 1.807) is 7.11 Å². The molecule has 1 amide bonds. The van der Waals surface area contributed by atoms with E-state index in [1.165, 1.54) is 0 Å². The van der Waals surface area contributed by atoms with Crippen LogP contribution in [0.25, 0.3) is 0 Å². The molecule has 0 spiro atoms. The second kappa shape index (κ2) is 7.43. The average molecular weight is 332 g/mol. The molecule has 1 atom stereocenters. The highest BCUT2D eigenvalue weighted by Gasteiger charge is 2.32. The van der Waals surface area contributed by atoms with E-state index in [2.05, 4.69) is 11.8 Å². The van der Waals surface area contributed by atoms with E-state index in [4.69, 9.17) is 9.47 Å². The molecule has 0 aliphatic carbocycles. The van der Waals surface area contributed by atoms with Crippen LogP contribution >= 0.6 is 0 Å². The summed E-state index contributed by atoms with van der Waals surface area (Å²) in [6.45, 7) is 5.92. The van der Waals surface area contributed by atoms with Crippen LogP contribution in [0.3, 0.4) is 0 Å². The number of nitrogens with zero attached hydrogens (tertiary/aromatic N) is 2. The molecule has 132 valence electrons. The Morgan fingerprint density at radius 3 is 2.79 bits per heavy atom. The van der Waals surface area contributed by atoms with E-state index in [-0.39, 0.29) is 11.8 Å². The summed E-state index contributed by atoms with van der Waals surface area (Å²) in [5.74, 6) is 1.77. The minimum absolute atomic E-state index is 0.0832. The molecule has 3 rings (SSSR count). The Morgan fingerprint density at radius 1 is 1.38 bits per heavy atom. The summed E-state index contributed by atoms with van der Waals surface area (Å²) in [5.41, 5.74) is 1.09. The molecule has 24 heavy (non-hydrogen) atoms. The maximum atomic E-state index is 12.9. The molecule has 0 aromatic heterocycles. The standard InChI is InChI=1S/C19H28N2O3/c1-4-21-9-7-16(8-10-21)20(2)19(22)15-11-14-5-6-17(23-3)12-18(14)24-13-15/h5-6,12,15-16H,4,7-11,13H2,1-3H3. The van der Waals surface area contributed by atoms with Crippen LogP contribution in [0.4, 0.5) is 0 Å². The molecule has 5 nitrogen and oxygen atoms in total. The second-order valence-electron chi connectivity index (χ2n) is 6.80. The van der Waals surface area contributed by atoms with Gasteiger partial charge in [-0.1, -0.05) is 13.0 Å². The van der Waals surface area contributed by atoms with Crippen molar-refractivity contribution in [1.82, 2.24) is 9.80 Å². The Bertz CT molecular complexity index is 582. The number of amides is 1. The maximum absolute atomic E-state index is 12.9. The van der Waals surface area contributed by atoms with Crippen molar-refractivity contribution in [2.24, 2.45) is 5.92 Å². The number of hydrogen-bond donors (Lipinski definition) is 0. The molecule has 0 radical (unpaired) electrons. The number of methoxy groups -OCH3 is 1. The minimum Gasteiger partial charge on any atom is -0.497 e. The molecule has 2 aliphatic heterocycles. The first-order chi connectivity index (χ1) is 11.6. The first-order valence-corrected chi connectivity index (χ1v) is 8.91. The minimum atomic E-state index is -0.0832. The van der Waals surface area contributed by atoms with Crippen molar-refractivity contribution in [3.05, 3.63) is 23.8 Å². The van der Waals surface area contributed by atoms with Crippen LogP contribution < -0.4 is 9.47 Å². The molecule has 1 unspecified atom stereocenters. The summed E-state index contributed by atoms with van der Waals surface area (Å²) < 4.78 is 11.1. The van der Waals surface area contributed by atoms with E-state index in [0.717, 1.165) is 56.0 Å². The summed E-state index contributed by atoms with van der Waals surface area (Å²) in [7, 11) is 3.60. The summed E-state index contributed by atoms with van der Waals surface area (Å²) in [4.78, 5) is 17.3. The number of rotatable bonds is 4. The molecule has 5 heteroatoms. The molecular weight excluding hydrogens is 304 g/mol. The van der Waals surface area contributed by atoms with E-state index < -0.39 is 0 Å². The van der Waals surface area contributed by atoms with Gasteiger partial charge in [0.25, 0.3) is 0 Å². The topological polar surface area (TPSA) is 42.0 Å². The molecule has 0 bridgehead atoms. The molecule has 0 N–H and O–H groups in total. The van der Waals surface area contributed by atoms with Gasteiger partial charge in [-0.2, -0.15) is 0 Å². The van der Waals surface area contributed by atoms with Crippen LogP contribution in [-0.4, -0.2) is 62.1 Å². The highest BCUT2D eigenvalue weighted by Crippen LogP contribution is 2.32. The van der Waals surface area contributed by atoms with Gasteiger partial charge in [0.1, 0.15) is 18.1 Å². The molecular formula is C19H28N2O3. The van der Waals surface area contributed by atoms with E-state index >= 15 is 0 Å². The zero-order valence-corrected chi connectivity index (χ0v) is 15.0. The third kappa shape index (κ3) is 3.51. The van der Waals surface area contributed by atoms with Gasteiger partial charge >= 0.3 is 0 Å². The molecule has 1 aromatic carbocycles. The number of benzene rings is 1. The molecule has 1 fully saturated rings. The van der Waals surface area contributed by atoms with Crippen LogP contribution in [0.5, 0.6) is 11.5 Å². The predicted molar refractivity (Wildman–Crippen MR) is 93.6 cm³/mol. The number of fused-ring (bicyclic) bond motifs is 1. The third-order valence-electron chi connectivity index (χ3n) is 5.43. The van der Waals surface area contributed by atoms with Crippen molar-refractivity contribution in [2.75, 3.05) is 40.4 Å². The lowest BCUT2D eigenvalue weighted by Crippen LogP contribution is -2.48. The molecule has 1 saturated heterocycles. The zero-order chi connectivity index (χ0) is 17.1. The number of carbonyl (C=O) groups is 1. The summed E-state index contributed by atoms with van der Waals surface area (Å²) in [5, 5.41) is 0. The quantitative estimate of drug-likeness (QED) is 0.848. The fraction of sp³-hybridized carbons (Fsp3) is 0.632. The van der Waals surface area contributed by atoms with Gasteiger partial charge in [0.05, 0.1) is 13.0 Å². The van der Waals surface area contributed by atoms with E-state index in [1.807, 2.05) is 30.1 Å². The molecule has 2 heterocycles. The van der Waals surface area contributed by atoms with Crippen LogP contribution in [0.1, 0.15) is 25.3 Å². The van der Waals surface area contributed by atoms with Gasteiger partial charge in [-0.3, -0.25) is 4.79 Å². The lowest BCUT2D eigenvalue weighted by Gasteiger charge is -2.38. The Hall–Kier alpha value is -1.75. The van der Waals surface area contributed by atoms with Crippen molar-refractivity contribution < 1.29 is 14.3 Å². The van der Waals surface area contributed by atoms with Crippen molar-refractivity contribution >= 4 is 5.91 Å². The predicted octanol–water partition coefficient (Wildman–Crippen LogP) is 2.19. The Labute approximate surface area is 144 Å². The largest absolute Gasteiger partial charge is 0.497 e. The number of likely N-dealkylation sites (tertiary alicyclic amines) is 1. The maximum Gasteiger partial charge on any atom is 0.229 e. The average Bonchev–Trinajstić information content (AvgIpc) is 2.66. The first kappa shape index (κ1) is 17.1. The first-order valence-electron chi connectivity index (χ1n) is 8.91. The van der Waals surface area contributed by atoms with Gasteiger partial charge in [-0.05, 0) is 37.4 Å². The van der Waals surface area contributed by atoms with Crippen LogP contribution in [-0.2, 0) is 11.2 Å².